The van der Waals surface area contributed by atoms with Gasteiger partial charge in [-0.2, -0.15) is 4.80 Å². The Morgan fingerprint density at radius 3 is 2.71 bits per heavy atom. The predicted octanol–water partition coefficient (Wildman–Crippen LogP) is 4.91. The van der Waals surface area contributed by atoms with Crippen molar-refractivity contribution in [3.05, 3.63) is 77.1 Å². The molecule has 9 nitrogen and oxygen atoms in total. The third-order valence-corrected chi connectivity index (χ3v) is 6.87. The van der Waals surface area contributed by atoms with Gasteiger partial charge in [-0.3, -0.25) is 4.79 Å². The van der Waals surface area contributed by atoms with Crippen LogP contribution in [0.25, 0.3) is 11.4 Å². The van der Waals surface area contributed by atoms with Crippen molar-refractivity contribution < 1.29 is 28.1 Å². The van der Waals surface area contributed by atoms with Crippen LogP contribution < -0.4 is 14.2 Å². The molecule has 0 saturated heterocycles. The van der Waals surface area contributed by atoms with E-state index in [9.17, 15) is 4.79 Å². The standard InChI is InChI=1S/C28H25FN4O5/c1-33-31-28(30-32-33)16-3-5-18(6-4-16)37-23-12-10-22(29)27-21(23)9-11-24(27)38-19-7-8-20-17(13-26(34)35-2)15-36-25(20)14-19/h3-8,10,12,14,17,24H,9,11,13,15H2,1-2H3/t17-,24-/m1/s1. The van der Waals surface area contributed by atoms with Gasteiger partial charge in [0.2, 0.25) is 5.82 Å². The average Bonchev–Trinajstić information content (AvgIpc) is 3.65. The minimum atomic E-state index is -0.455. The van der Waals surface area contributed by atoms with E-state index in [-0.39, 0.29) is 24.1 Å². The van der Waals surface area contributed by atoms with Gasteiger partial charge in [0.1, 0.15) is 34.9 Å². The fourth-order valence-corrected chi connectivity index (χ4v) is 5.00. The molecule has 194 valence electrons. The first-order valence-corrected chi connectivity index (χ1v) is 12.3. The first kappa shape index (κ1) is 23.9. The number of ether oxygens (including phenoxy) is 4. The topological polar surface area (TPSA) is 97.6 Å². The second kappa shape index (κ2) is 9.77. The molecule has 0 saturated carbocycles. The van der Waals surface area contributed by atoms with Crippen molar-refractivity contribution in [3.63, 3.8) is 0 Å². The third-order valence-electron chi connectivity index (χ3n) is 6.87. The lowest BCUT2D eigenvalue weighted by molar-refractivity contribution is -0.141. The minimum Gasteiger partial charge on any atom is -0.492 e. The average molecular weight is 517 g/mol. The molecule has 0 unspecified atom stereocenters. The second-order valence-corrected chi connectivity index (χ2v) is 9.30. The molecule has 0 N–H and O–H groups in total. The fourth-order valence-electron chi connectivity index (χ4n) is 5.00. The van der Waals surface area contributed by atoms with Gasteiger partial charge in [-0.05, 0) is 60.5 Å². The van der Waals surface area contributed by atoms with Crippen molar-refractivity contribution in [2.75, 3.05) is 13.7 Å². The van der Waals surface area contributed by atoms with Crippen LogP contribution in [0.15, 0.2) is 54.6 Å². The summed E-state index contributed by atoms with van der Waals surface area (Å²) in [4.78, 5) is 13.1. The predicted molar refractivity (Wildman–Crippen MR) is 134 cm³/mol. The molecule has 0 fully saturated rings. The molecule has 2 heterocycles. The van der Waals surface area contributed by atoms with Crippen molar-refractivity contribution in [1.82, 2.24) is 20.2 Å². The number of hydrogen-bond donors (Lipinski definition) is 0. The van der Waals surface area contributed by atoms with Crippen molar-refractivity contribution in [2.45, 2.75) is 31.3 Å². The number of nitrogens with zero attached hydrogens (tertiary/aromatic N) is 4. The Bertz CT molecular complexity index is 1500. The van der Waals surface area contributed by atoms with Gasteiger partial charge in [-0.1, -0.05) is 6.07 Å². The van der Waals surface area contributed by atoms with Crippen LogP contribution in [0.1, 0.15) is 41.6 Å². The third kappa shape index (κ3) is 4.53. The quantitative estimate of drug-likeness (QED) is 0.320. The summed E-state index contributed by atoms with van der Waals surface area (Å²) in [7, 11) is 3.08. The van der Waals surface area contributed by atoms with Gasteiger partial charge in [0.05, 0.1) is 27.2 Å². The summed E-state index contributed by atoms with van der Waals surface area (Å²) < 4.78 is 37.9. The Hall–Kier alpha value is -4.47. The van der Waals surface area contributed by atoms with Crippen LogP contribution in [-0.2, 0) is 23.0 Å². The van der Waals surface area contributed by atoms with Crippen molar-refractivity contribution in [1.29, 1.82) is 0 Å². The molecule has 0 radical (unpaired) electrons. The van der Waals surface area contributed by atoms with Gasteiger partial charge >= 0.3 is 5.97 Å². The summed E-state index contributed by atoms with van der Waals surface area (Å²) in [5, 5.41) is 12.1. The summed E-state index contributed by atoms with van der Waals surface area (Å²) in [5.41, 5.74) is 3.06. The first-order chi connectivity index (χ1) is 18.5. The van der Waals surface area contributed by atoms with Gasteiger partial charge in [-0.15, -0.1) is 10.2 Å². The molecular formula is C28H25FN4O5. The summed E-state index contributed by atoms with van der Waals surface area (Å²) in [6.45, 7) is 0.408. The molecule has 1 aliphatic heterocycles. The molecule has 2 atom stereocenters. The lowest BCUT2D eigenvalue weighted by Gasteiger charge is -2.17. The lowest BCUT2D eigenvalue weighted by Crippen LogP contribution is -2.09. The van der Waals surface area contributed by atoms with E-state index in [0.29, 0.717) is 53.8 Å². The van der Waals surface area contributed by atoms with Crippen LogP contribution >= 0.6 is 0 Å². The monoisotopic (exact) mass is 516 g/mol. The van der Waals surface area contributed by atoms with Gasteiger partial charge in [0.25, 0.3) is 0 Å². The maximum atomic E-state index is 15.0. The highest BCUT2D eigenvalue weighted by Crippen LogP contribution is 2.44. The minimum absolute atomic E-state index is 0.0539. The van der Waals surface area contributed by atoms with Gasteiger partial charge in [0.15, 0.2) is 0 Å². The highest BCUT2D eigenvalue weighted by Gasteiger charge is 2.32. The van der Waals surface area contributed by atoms with Crippen LogP contribution in [0.4, 0.5) is 4.39 Å². The van der Waals surface area contributed by atoms with E-state index < -0.39 is 6.10 Å². The maximum absolute atomic E-state index is 15.0. The Morgan fingerprint density at radius 1 is 1.13 bits per heavy atom. The summed E-state index contributed by atoms with van der Waals surface area (Å²) in [6, 6.07) is 16.0. The van der Waals surface area contributed by atoms with Gasteiger partial charge in [-0.25, -0.2) is 4.39 Å². The summed E-state index contributed by atoms with van der Waals surface area (Å²) >= 11 is 0. The van der Waals surface area contributed by atoms with Crippen LogP contribution in [0, 0.1) is 5.82 Å². The van der Waals surface area contributed by atoms with Gasteiger partial charge in [0, 0.05) is 34.2 Å². The summed E-state index contributed by atoms with van der Waals surface area (Å²) in [5.74, 6) is 2.34. The van der Waals surface area contributed by atoms with Crippen LogP contribution in [0.5, 0.6) is 23.0 Å². The van der Waals surface area contributed by atoms with E-state index in [1.807, 2.05) is 36.4 Å². The van der Waals surface area contributed by atoms with Crippen LogP contribution in [0.3, 0.4) is 0 Å². The molecule has 1 aliphatic carbocycles. The van der Waals surface area contributed by atoms with E-state index in [1.165, 1.54) is 18.0 Å². The van der Waals surface area contributed by atoms with E-state index in [0.717, 1.165) is 16.7 Å². The van der Waals surface area contributed by atoms with Crippen LogP contribution in [0.2, 0.25) is 0 Å². The number of hydrogen-bond acceptors (Lipinski definition) is 8. The van der Waals surface area contributed by atoms with Crippen LogP contribution in [-0.4, -0.2) is 39.9 Å². The molecule has 0 spiro atoms. The van der Waals surface area contributed by atoms with E-state index in [1.54, 1.807) is 19.2 Å². The number of esters is 1. The molecule has 1 aromatic heterocycles. The number of aryl methyl sites for hydroxylation is 1. The largest absolute Gasteiger partial charge is 0.492 e. The first-order valence-electron chi connectivity index (χ1n) is 12.3. The SMILES string of the molecule is COC(=O)C[C@@H]1COc2cc(O[C@@H]3CCc4c(Oc5ccc(-c6nnn(C)n6)cc5)ccc(F)c43)ccc21. The number of halogens is 1. The van der Waals surface area contributed by atoms with Crippen molar-refractivity contribution in [3.8, 4) is 34.4 Å². The number of carbonyl (C=O) groups is 1. The van der Waals surface area contributed by atoms with Crippen molar-refractivity contribution in [2.24, 2.45) is 7.05 Å². The highest BCUT2D eigenvalue weighted by atomic mass is 19.1. The normalized spacial score (nSPS) is 17.4. The molecule has 0 bridgehead atoms. The smallest absolute Gasteiger partial charge is 0.306 e. The number of carbonyl (C=O) groups excluding carboxylic acids is 1. The lowest BCUT2D eigenvalue weighted by atomic mass is 9.98. The molecule has 0 amide bonds. The van der Waals surface area contributed by atoms with Crippen molar-refractivity contribution >= 4 is 5.97 Å². The zero-order chi connectivity index (χ0) is 26.2. The second-order valence-electron chi connectivity index (χ2n) is 9.30. The molecule has 4 aromatic rings. The fraction of sp³-hybridized carbons (Fsp3) is 0.286. The Labute approximate surface area is 218 Å². The molecule has 38 heavy (non-hydrogen) atoms. The molecule has 10 heteroatoms. The molecular weight excluding hydrogens is 491 g/mol. The number of benzene rings is 3. The van der Waals surface area contributed by atoms with Gasteiger partial charge < -0.3 is 18.9 Å². The van der Waals surface area contributed by atoms with E-state index >= 15 is 4.39 Å². The number of fused-ring (bicyclic) bond motifs is 2. The van der Waals surface area contributed by atoms with E-state index in [4.69, 9.17) is 18.9 Å². The maximum Gasteiger partial charge on any atom is 0.306 e. The van der Waals surface area contributed by atoms with E-state index in [2.05, 4.69) is 15.4 Å². The number of tetrazole rings is 1. The number of methoxy groups -OCH3 is 1. The zero-order valence-electron chi connectivity index (χ0n) is 20.9. The number of aromatic nitrogens is 4. The Morgan fingerprint density at radius 2 is 1.95 bits per heavy atom. The highest BCUT2D eigenvalue weighted by molar-refractivity contribution is 5.71. The Balaban J connectivity index is 1.19. The molecule has 3 aromatic carbocycles. The Kier molecular flexibility index (Phi) is 6.15. The summed E-state index contributed by atoms with van der Waals surface area (Å²) in [6.07, 6.45) is 1.04. The molecule has 2 aliphatic rings. The number of rotatable bonds is 7. The zero-order valence-corrected chi connectivity index (χ0v) is 20.9. The molecule has 6 rings (SSSR count).